The molecule has 0 aliphatic heterocycles. The number of hydrogen-bond donors (Lipinski definition) is 0. The second-order valence-corrected chi connectivity index (χ2v) is 4.73. The molecule has 0 spiro atoms. The summed E-state index contributed by atoms with van der Waals surface area (Å²) in [7, 11) is 0. The van der Waals surface area contributed by atoms with Gasteiger partial charge in [0, 0.05) is 6.42 Å². The van der Waals surface area contributed by atoms with Crippen LogP contribution in [0.5, 0.6) is 5.75 Å². The Morgan fingerprint density at radius 2 is 2.00 bits per heavy atom. The molecule has 1 aliphatic carbocycles. The van der Waals surface area contributed by atoms with Crippen molar-refractivity contribution in [3.63, 3.8) is 0 Å². The molecule has 0 unspecified atom stereocenters. The number of ether oxygens (including phenoxy) is 1. The number of Topliss-reactive ketones (excluding diaryl/α,β-unsaturated/α-hetero) is 1. The number of hydrogen-bond acceptors (Lipinski definition) is 3. The number of benzene rings is 1. The Balaban J connectivity index is 1.74. The van der Waals surface area contributed by atoms with Crippen molar-refractivity contribution in [1.82, 2.24) is 4.98 Å². The average molecular weight is 253 g/mol. The Bertz CT molecular complexity index is 593. The smallest absolute Gasteiger partial charge is 0.181 e. The molecule has 1 aromatic carbocycles. The Morgan fingerprint density at radius 1 is 1.16 bits per heavy atom. The van der Waals surface area contributed by atoms with E-state index in [-0.39, 0.29) is 5.78 Å². The highest BCUT2D eigenvalue weighted by Gasteiger charge is 2.18. The lowest BCUT2D eigenvalue weighted by Crippen LogP contribution is -2.13. The van der Waals surface area contributed by atoms with Gasteiger partial charge in [-0.15, -0.1) is 0 Å². The van der Waals surface area contributed by atoms with Crippen molar-refractivity contribution in [3.05, 3.63) is 59.4 Å². The number of carbonyl (C=O) groups is 1. The van der Waals surface area contributed by atoms with Crippen LogP contribution >= 0.6 is 0 Å². The fraction of sp³-hybridized carbons (Fsp3) is 0.250. The van der Waals surface area contributed by atoms with E-state index in [1.807, 2.05) is 36.4 Å². The van der Waals surface area contributed by atoms with E-state index in [1.54, 1.807) is 6.20 Å². The van der Waals surface area contributed by atoms with E-state index in [2.05, 4.69) is 4.98 Å². The summed E-state index contributed by atoms with van der Waals surface area (Å²) in [6.45, 7) is 0.523. The molecule has 0 N–H and O–H groups in total. The zero-order valence-corrected chi connectivity index (χ0v) is 10.6. The minimum Gasteiger partial charge on any atom is -0.487 e. The molecule has 2 aromatic rings. The Labute approximate surface area is 112 Å². The van der Waals surface area contributed by atoms with Gasteiger partial charge in [0.15, 0.2) is 5.78 Å². The standard InChI is InChI=1S/C16H15NO2/c18-15-8-4-7-13-9-14(10-17-16(13)15)19-11-12-5-2-1-3-6-12/h1-3,5-6,9-10H,4,7-8,11H2. The van der Waals surface area contributed by atoms with Crippen molar-refractivity contribution in [1.29, 1.82) is 0 Å². The van der Waals surface area contributed by atoms with E-state index in [4.69, 9.17) is 4.74 Å². The Kier molecular flexibility index (Phi) is 3.27. The van der Waals surface area contributed by atoms with Crippen LogP contribution in [0.15, 0.2) is 42.6 Å². The first kappa shape index (κ1) is 11.9. The van der Waals surface area contributed by atoms with Gasteiger partial charge in [-0.1, -0.05) is 30.3 Å². The monoisotopic (exact) mass is 253 g/mol. The number of rotatable bonds is 3. The summed E-state index contributed by atoms with van der Waals surface area (Å²) in [6, 6.07) is 12.0. The van der Waals surface area contributed by atoms with Crippen LogP contribution in [-0.4, -0.2) is 10.8 Å². The predicted molar refractivity (Wildman–Crippen MR) is 72.3 cm³/mol. The van der Waals surface area contributed by atoms with E-state index in [0.29, 0.717) is 18.7 Å². The highest BCUT2D eigenvalue weighted by molar-refractivity contribution is 5.96. The summed E-state index contributed by atoms with van der Waals surface area (Å²) in [5.74, 6) is 0.883. The van der Waals surface area contributed by atoms with Crippen LogP contribution in [0.3, 0.4) is 0 Å². The lowest BCUT2D eigenvalue weighted by atomic mass is 9.95. The zero-order chi connectivity index (χ0) is 13.1. The Morgan fingerprint density at radius 3 is 2.84 bits per heavy atom. The number of carbonyl (C=O) groups excluding carboxylic acids is 1. The van der Waals surface area contributed by atoms with Gasteiger partial charge in [-0.2, -0.15) is 0 Å². The maximum absolute atomic E-state index is 11.7. The Hall–Kier alpha value is -2.16. The van der Waals surface area contributed by atoms with Gasteiger partial charge in [0.1, 0.15) is 18.1 Å². The summed E-state index contributed by atoms with van der Waals surface area (Å²) in [5.41, 5.74) is 2.76. The number of fused-ring (bicyclic) bond motifs is 1. The van der Waals surface area contributed by atoms with Crippen molar-refractivity contribution >= 4 is 5.78 Å². The molecule has 3 nitrogen and oxygen atoms in total. The summed E-state index contributed by atoms with van der Waals surface area (Å²) in [5, 5.41) is 0. The van der Waals surface area contributed by atoms with Crippen LogP contribution in [0.1, 0.15) is 34.5 Å². The third kappa shape index (κ3) is 2.65. The first-order valence-electron chi connectivity index (χ1n) is 6.52. The number of nitrogens with zero attached hydrogens (tertiary/aromatic N) is 1. The van der Waals surface area contributed by atoms with Gasteiger partial charge in [0.2, 0.25) is 0 Å². The summed E-state index contributed by atoms with van der Waals surface area (Å²) >= 11 is 0. The van der Waals surface area contributed by atoms with E-state index in [9.17, 15) is 4.79 Å². The van der Waals surface area contributed by atoms with Gasteiger partial charge in [0.25, 0.3) is 0 Å². The van der Waals surface area contributed by atoms with Crippen LogP contribution in [0.2, 0.25) is 0 Å². The van der Waals surface area contributed by atoms with Crippen molar-refractivity contribution in [2.75, 3.05) is 0 Å². The predicted octanol–water partition coefficient (Wildman–Crippen LogP) is 3.18. The number of aromatic nitrogens is 1. The van der Waals surface area contributed by atoms with Crippen LogP contribution in [0.4, 0.5) is 0 Å². The van der Waals surface area contributed by atoms with Crippen molar-refractivity contribution in [2.45, 2.75) is 25.9 Å². The number of aryl methyl sites for hydroxylation is 1. The van der Waals surface area contributed by atoms with E-state index < -0.39 is 0 Å². The molecule has 1 aliphatic rings. The minimum absolute atomic E-state index is 0.149. The molecule has 0 bridgehead atoms. The van der Waals surface area contributed by atoms with Gasteiger partial charge in [-0.05, 0) is 30.0 Å². The molecule has 3 heteroatoms. The van der Waals surface area contributed by atoms with E-state index in [0.717, 1.165) is 29.7 Å². The summed E-state index contributed by atoms with van der Waals surface area (Å²) in [4.78, 5) is 15.9. The largest absolute Gasteiger partial charge is 0.487 e. The van der Waals surface area contributed by atoms with Crippen molar-refractivity contribution < 1.29 is 9.53 Å². The van der Waals surface area contributed by atoms with Gasteiger partial charge < -0.3 is 4.74 Å². The molecular formula is C16H15NO2. The molecule has 96 valence electrons. The summed E-state index contributed by atoms with van der Waals surface area (Å²) in [6.07, 6.45) is 4.08. The van der Waals surface area contributed by atoms with Crippen LogP contribution in [-0.2, 0) is 13.0 Å². The third-order valence-electron chi connectivity index (χ3n) is 3.30. The lowest BCUT2D eigenvalue weighted by molar-refractivity contribution is 0.0967. The minimum atomic E-state index is 0.149. The molecular weight excluding hydrogens is 238 g/mol. The normalized spacial score (nSPS) is 14.0. The number of ketones is 1. The first-order chi connectivity index (χ1) is 9.33. The van der Waals surface area contributed by atoms with Gasteiger partial charge >= 0.3 is 0 Å². The first-order valence-corrected chi connectivity index (χ1v) is 6.52. The van der Waals surface area contributed by atoms with Crippen LogP contribution in [0.25, 0.3) is 0 Å². The maximum atomic E-state index is 11.7. The molecule has 0 radical (unpaired) electrons. The third-order valence-corrected chi connectivity index (χ3v) is 3.30. The van der Waals surface area contributed by atoms with E-state index >= 15 is 0 Å². The molecule has 0 fully saturated rings. The molecule has 19 heavy (non-hydrogen) atoms. The van der Waals surface area contributed by atoms with Gasteiger partial charge in [-0.3, -0.25) is 4.79 Å². The lowest BCUT2D eigenvalue weighted by Gasteiger charge is -2.14. The molecule has 0 atom stereocenters. The highest BCUT2D eigenvalue weighted by Crippen LogP contribution is 2.23. The molecule has 3 rings (SSSR count). The summed E-state index contributed by atoms with van der Waals surface area (Å²) < 4.78 is 5.72. The van der Waals surface area contributed by atoms with Crippen molar-refractivity contribution in [2.24, 2.45) is 0 Å². The van der Waals surface area contributed by atoms with Gasteiger partial charge in [-0.25, -0.2) is 4.98 Å². The SMILES string of the molecule is O=C1CCCc2cc(OCc3ccccc3)cnc21. The second kappa shape index (κ2) is 5.22. The second-order valence-electron chi connectivity index (χ2n) is 4.73. The molecule has 0 saturated heterocycles. The topological polar surface area (TPSA) is 39.2 Å². The molecule has 1 heterocycles. The number of pyridine rings is 1. The maximum Gasteiger partial charge on any atom is 0.181 e. The van der Waals surface area contributed by atoms with Gasteiger partial charge in [0.05, 0.1) is 6.20 Å². The fourth-order valence-corrected chi connectivity index (χ4v) is 2.31. The zero-order valence-electron chi connectivity index (χ0n) is 10.6. The van der Waals surface area contributed by atoms with E-state index in [1.165, 1.54) is 0 Å². The highest BCUT2D eigenvalue weighted by atomic mass is 16.5. The molecule has 1 aromatic heterocycles. The quantitative estimate of drug-likeness (QED) is 0.843. The molecule has 0 saturated carbocycles. The van der Waals surface area contributed by atoms with Crippen molar-refractivity contribution in [3.8, 4) is 5.75 Å². The van der Waals surface area contributed by atoms with Crippen LogP contribution in [0, 0.1) is 0 Å². The van der Waals surface area contributed by atoms with Crippen LogP contribution < -0.4 is 4.74 Å². The fourth-order valence-electron chi connectivity index (χ4n) is 2.31. The average Bonchev–Trinajstić information content (AvgIpc) is 2.46. The molecule has 0 amide bonds.